The molecule has 114 valence electrons. The fourth-order valence-corrected chi connectivity index (χ4v) is 1.91. The maximum Gasteiger partial charge on any atom is 0.223 e. The first-order chi connectivity index (χ1) is 9.71. The molecule has 0 radical (unpaired) electrons. The summed E-state index contributed by atoms with van der Waals surface area (Å²) >= 11 is 0. The van der Waals surface area contributed by atoms with Crippen LogP contribution in [0.25, 0.3) is 0 Å². The molecule has 0 bridgehead atoms. The van der Waals surface area contributed by atoms with Crippen LogP contribution in [0.4, 0.5) is 0 Å². The van der Waals surface area contributed by atoms with E-state index in [0.29, 0.717) is 32.5 Å². The highest BCUT2D eigenvalue weighted by Gasteiger charge is 2.08. The van der Waals surface area contributed by atoms with Crippen LogP contribution in [0.3, 0.4) is 0 Å². The summed E-state index contributed by atoms with van der Waals surface area (Å²) in [5, 5.41) is 19.9. The molecule has 2 N–H and O–H groups in total. The zero-order valence-electron chi connectivity index (χ0n) is 12.4. The topological polar surface area (TPSA) is 83.3 Å². The number of nitrogens with one attached hydrogen (secondary N) is 1. The van der Waals surface area contributed by atoms with Crippen molar-refractivity contribution in [2.24, 2.45) is 0 Å². The Bertz CT molecular complexity index is 390. The van der Waals surface area contributed by atoms with Crippen LogP contribution < -0.4 is 5.32 Å². The van der Waals surface area contributed by atoms with Crippen molar-refractivity contribution in [3.63, 3.8) is 0 Å². The number of aliphatic hydroxyl groups is 1. The summed E-state index contributed by atoms with van der Waals surface area (Å²) in [5.74, 6) is 0.175. The Kier molecular flexibility index (Phi) is 7.82. The monoisotopic (exact) mass is 283 g/mol. The lowest BCUT2D eigenvalue weighted by atomic mass is 10.3. The first kappa shape index (κ1) is 16.6. The Morgan fingerprint density at radius 2 is 2.20 bits per heavy atom. The highest BCUT2D eigenvalue weighted by atomic mass is 16.3. The number of hydrogen-bond donors (Lipinski definition) is 2. The SMILES string of the molecule is CCN(CC)C(=O)CCNCc1cn(CCCO)nn1. The average Bonchev–Trinajstić information content (AvgIpc) is 2.90. The van der Waals surface area contributed by atoms with E-state index < -0.39 is 0 Å². The van der Waals surface area contributed by atoms with Gasteiger partial charge in [0.05, 0.1) is 5.69 Å². The van der Waals surface area contributed by atoms with Crippen molar-refractivity contribution in [3.8, 4) is 0 Å². The zero-order valence-corrected chi connectivity index (χ0v) is 12.4. The molecule has 7 heteroatoms. The summed E-state index contributed by atoms with van der Waals surface area (Å²) in [5.41, 5.74) is 0.846. The molecule has 0 fully saturated rings. The third-order valence-corrected chi connectivity index (χ3v) is 3.07. The lowest BCUT2D eigenvalue weighted by Gasteiger charge is -2.18. The Balaban J connectivity index is 2.20. The molecule has 1 heterocycles. The van der Waals surface area contributed by atoms with Crippen LogP contribution in [-0.2, 0) is 17.9 Å². The van der Waals surface area contributed by atoms with Gasteiger partial charge in [0.25, 0.3) is 0 Å². The number of carbonyl (C=O) groups is 1. The first-order valence-electron chi connectivity index (χ1n) is 7.19. The van der Waals surface area contributed by atoms with Crippen LogP contribution in [0.15, 0.2) is 6.20 Å². The second-order valence-corrected chi connectivity index (χ2v) is 4.54. The molecule has 0 aliphatic carbocycles. The number of carbonyl (C=O) groups excluding carboxylic acids is 1. The number of nitrogens with zero attached hydrogens (tertiary/aromatic N) is 4. The second kappa shape index (κ2) is 9.44. The minimum atomic E-state index is 0.154. The number of amides is 1. The molecular formula is C13H25N5O2. The highest BCUT2D eigenvalue weighted by molar-refractivity contribution is 5.76. The predicted molar refractivity (Wildman–Crippen MR) is 76.0 cm³/mol. The molecule has 0 atom stereocenters. The van der Waals surface area contributed by atoms with E-state index in [9.17, 15) is 4.79 Å². The summed E-state index contributed by atoms with van der Waals surface area (Å²) in [6.07, 6.45) is 3.03. The molecule has 1 amide bonds. The number of aliphatic hydroxyl groups excluding tert-OH is 1. The van der Waals surface area contributed by atoms with Crippen molar-refractivity contribution in [1.82, 2.24) is 25.2 Å². The Hall–Kier alpha value is -1.47. The van der Waals surface area contributed by atoms with Crippen LogP contribution in [0, 0.1) is 0 Å². The van der Waals surface area contributed by atoms with E-state index >= 15 is 0 Å². The van der Waals surface area contributed by atoms with Gasteiger partial charge in [-0.05, 0) is 20.3 Å². The summed E-state index contributed by atoms with van der Waals surface area (Å²) in [6.45, 7) is 7.55. The van der Waals surface area contributed by atoms with Crippen LogP contribution >= 0.6 is 0 Å². The van der Waals surface area contributed by atoms with E-state index in [-0.39, 0.29) is 12.5 Å². The van der Waals surface area contributed by atoms with E-state index in [4.69, 9.17) is 5.11 Å². The van der Waals surface area contributed by atoms with Gasteiger partial charge in [-0.15, -0.1) is 5.10 Å². The maximum atomic E-state index is 11.8. The standard InChI is InChI=1S/C13H25N5O2/c1-3-17(4-2)13(20)6-7-14-10-12-11-18(16-15-12)8-5-9-19/h11,14,19H,3-10H2,1-2H3. The van der Waals surface area contributed by atoms with Crippen molar-refractivity contribution in [1.29, 1.82) is 0 Å². The zero-order chi connectivity index (χ0) is 14.8. The molecule has 1 aromatic heterocycles. The fourth-order valence-electron chi connectivity index (χ4n) is 1.91. The van der Waals surface area contributed by atoms with E-state index in [1.54, 1.807) is 4.68 Å². The Morgan fingerprint density at radius 3 is 2.85 bits per heavy atom. The summed E-state index contributed by atoms with van der Waals surface area (Å²) in [4.78, 5) is 13.6. The van der Waals surface area contributed by atoms with Crippen LogP contribution in [0.5, 0.6) is 0 Å². The smallest absolute Gasteiger partial charge is 0.223 e. The lowest BCUT2D eigenvalue weighted by Crippen LogP contribution is -2.32. The van der Waals surface area contributed by atoms with E-state index in [2.05, 4.69) is 15.6 Å². The third-order valence-electron chi connectivity index (χ3n) is 3.07. The molecular weight excluding hydrogens is 258 g/mol. The van der Waals surface area contributed by atoms with Gasteiger partial charge in [-0.3, -0.25) is 9.48 Å². The van der Waals surface area contributed by atoms with Crippen LogP contribution in [-0.4, -0.2) is 57.1 Å². The average molecular weight is 283 g/mol. The summed E-state index contributed by atoms with van der Waals surface area (Å²) in [7, 11) is 0. The second-order valence-electron chi connectivity index (χ2n) is 4.54. The number of hydrogen-bond acceptors (Lipinski definition) is 5. The molecule has 0 spiro atoms. The fraction of sp³-hybridized carbons (Fsp3) is 0.769. The minimum absolute atomic E-state index is 0.154. The van der Waals surface area contributed by atoms with Gasteiger partial charge in [0.2, 0.25) is 5.91 Å². The van der Waals surface area contributed by atoms with E-state index in [0.717, 1.165) is 18.8 Å². The van der Waals surface area contributed by atoms with Gasteiger partial charge in [-0.2, -0.15) is 0 Å². The summed E-state index contributed by atoms with van der Waals surface area (Å²) in [6, 6.07) is 0. The van der Waals surface area contributed by atoms with Crippen LogP contribution in [0.2, 0.25) is 0 Å². The van der Waals surface area contributed by atoms with Gasteiger partial charge in [0, 0.05) is 51.9 Å². The minimum Gasteiger partial charge on any atom is -0.396 e. The Labute approximate surface area is 120 Å². The summed E-state index contributed by atoms with van der Waals surface area (Å²) < 4.78 is 1.72. The molecule has 0 aliphatic heterocycles. The quantitative estimate of drug-likeness (QED) is 0.591. The number of rotatable bonds is 10. The molecule has 1 rings (SSSR count). The molecule has 0 aromatic carbocycles. The lowest BCUT2D eigenvalue weighted by molar-refractivity contribution is -0.130. The van der Waals surface area contributed by atoms with Crippen molar-refractivity contribution in [2.75, 3.05) is 26.2 Å². The highest BCUT2D eigenvalue weighted by Crippen LogP contribution is 1.96. The maximum absolute atomic E-state index is 11.8. The molecule has 0 saturated carbocycles. The number of aromatic nitrogens is 3. The first-order valence-corrected chi connectivity index (χ1v) is 7.19. The van der Waals surface area contributed by atoms with E-state index in [1.165, 1.54) is 0 Å². The third kappa shape index (κ3) is 5.66. The Morgan fingerprint density at radius 1 is 1.45 bits per heavy atom. The van der Waals surface area contributed by atoms with Crippen LogP contribution in [0.1, 0.15) is 32.4 Å². The molecule has 0 aliphatic rings. The molecule has 0 unspecified atom stereocenters. The van der Waals surface area contributed by atoms with Gasteiger partial charge in [-0.25, -0.2) is 0 Å². The predicted octanol–water partition coefficient (Wildman–Crippen LogP) is 0.00860. The normalized spacial score (nSPS) is 10.8. The van der Waals surface area contributed by atoms with Gasteiger partial charge < -0.3 is 15.3 Å². The van der Waals surface area contributed by atoms with E-state index in [1.807, 2.05) is 24.9 Å². The largest absolute Gasteiger partial charge is 0.396 e. The number of aryl methyl sites for hydroxylation is 1. The van der Waals surface area contributed by atoms with Gasteiger partial charge >= 0.3 is 0 Å². The van der Waals surface area contributed by atoms with Gasteiger partial charge in [-0.1, -0.05) is 5.21 Å². The molecule has 0 saturated heterocycles. The molecule has 20 heavy (non-hydrogen) atoms. The van der Waals surface area contributed by atoms with Crippen molar-refractivity contribution in [2.45, 2.75) is 39.8 Å². The van der Waals surface area contributed by atoms with Gasteiger partial charge in [0.1, 0.15) is 0 Å². The van der Waals surface area contributed by atoms with Gasteiger partial charge in [0.15, 0.2) is 0 Å². The van der Waals surface area contributed by atoms with Crippen molar-refractivity contribution < 1.29 is 9.90 Å². The molecule has 1 aromatic rings. The van der Waals surface area contributed by atoms with Crippen molar-refractivity contribution >= 4 is 5.91 Å². The van der Waals surface area contributed by atoms with Crippen molar-refractivity contribution in [3.05, 3.63) is 11.9 Å². The molecule has 7 nitrogen and oxygen atoms in total.